The summed E-state index contributed by atoms with van der Waals surface area (Å²) in [5, 5.41) is 3.20. The van der Waals surface area contributed by atoms with Crippen molar-refractivity contribution < 1.29 is 0 Å². The molecule has 0 bridgehead atoms. The van der Waals surface area contributed by atoms with Gasteiger partial charge in [0, 0.05) is 13.1 Å². The van der Waals surface area contributed by atoms with Crippen LogP contribution in [0.1, 0.15) is 27.7 Å². The van der Waals surface area contributed by atoms with Crippen LogP contribution >= 0.6 is 35.6 Å². The summed E-state index contributed by atoms with van der Waals surface area (Å²) < 4.78 is 0. The zero-order valence-corrected chi connectivity index (χ0v) is 10.4. The van der Waals surface area contributed by atoms with Crippen molar-refractivity contribution in [2.45, 2.75) is 37.4 Å². The first-order valence-electron chi connectivity index (χ1n) is 3.79. The third-order valence-electron chi connectivity index (χ3n) is 1.09. The maximum absolute atomic E-state index is 5.96. The van der Waals surface area contributed by atoms with E-state index in [0.717, 1.165) is 13.1 Å². The molecule has 0 amide bonds. The van der Waals surface area contributed by atoms with Gasteiger partial charge in [-0.25, -0.2) is 0 Å². The molecule has 0 aliphatic rings. The van der Waals surface area contributed by atoms with Gasteiger partial charge in [0.1, 0.15) is 0 Å². The summed E-state index contributed by atoms with van der Waals surface area (Å²) in [4.78, 5) is -0.357. The van der Waals surface area contributed by atoms with Gasteiger partial charge in [-0.05, 0) is 27.7 Å². The van der Waals surface area contributed by atoms with E-state index in [4.69, 9.17) is 23.2 Å². The normalized spacial score (nSPS) is 12.5. The predicted molar refractivity (Wildman–Crippen MR) is 60.0 cm³/mol. The second-order valence-corrected chi connectivity index (χ2v) is 6.09. The SMILES string of the molecule is CC(C)(Cl)CNCC(C)(C)Cl.Cl. The standard InChI is InChI=1S/C8H17Cl2N.ClH/c1-7(2,9)5-11-6-8(3,4)10;/h11H,5-6H2,1-4H3;1H. The number of hydrogen-bond acceptors (Lipinski definition) is 1. The first-order valence-corrected chi connectivity index (χ1v) is 4.55. The van der Waals surface area contributed by atoms with Gasteiger partial charge in [-0.1, -0.05) is 0 Å². The summed E-state index contributed by atoms with van der Waals surface area (Å²) in [7, 11) is 0. The topological polar surface area (TPSA) is 12.0 Å². The molecule has 12 heavy (non-hydrogen) atoms. The second-order valence-electron chi connectivity index (χ2n) is 4.04. The minimum Gasteiger partial charge on any atom is -0.313 e. The van der Waals surface area contributed by atoms with E-state index < -0.39 is 0 Å². The van der Waals surface area contributed by atoms with Crippen LogP contribution in [0.15, 0.2) is 0 Å². The molecule has 0 atom stereocenters. The molecule has 1 N–H and O–H groups in total. The van der Waals surface area contributed by atoms with E-state index in [-0.39, 0.29) is 22.2 Å². The Kier molecular flexibility index (Phi) is 7.06. The quantitative estimate of drug-likeness (QED) is 0.738. The highest BCUT2D eigenvalue weighted by atomic mass is 35.5. The van der Waals surface area contributed by atoms with E-state index in [1.165, 1.54) is 0 Å². The summed E-state index contributed by atoms with van der Waals surface area (Å²) in [5.41, 5.74) is 0. The van der Waals surface area contributed by atoms with Gasteiger partial charge in [-0.15, -0.1) is 35.6 Å². The van der Waals surface area contributed by atoms with E-state index >= 15 is 0 Å². The first kappa shape index (κ1) is 15.3. The van der Waals surface area contributed by atoms with E-state index in [9.17, 15) is 0 Å². The van der Waals surface area contributed by atoms with Gasteiger partial charge in [0.2, 0.25) is 0 Å². The number of hydrogen-bond donors (Lipinski definition) is 1. The van der Waals surface area contributed by atoms with Crippen LogP contribution in [0.5, 0.6) is 0 Å². The van der Waals surface area contributed by atoms with E-state index in [1.807, 2.05) is 27.7 Å². The second kappa shape index (κ2) is 5.54. The van der Waals surface area contributed by atoms with Crippen LogP contribution in [0.3, 0.4) is 0 Å². The number of alkyl halides is 2. The lowest BCUT2D eigenvalue weighted by Crippen LogP contribution is -2.37. The molecule has 1 nitrogen and oxygen atoms in total. The maximum Gasteiger partial charge on any atom is 0.0514 e. The van der Waals surface area contributed by atoms with Crippen molar-refractivity contribution in [1.82, 2.24) is 5.32 Å². The van der Waals surface area contributed by atoms with Crippen LogP contribution < -0.4 is 5.32 Å². The lowest BCUT2D eigenvalue weighted by Gasteiger charge is -2.21. The lowest BCUT2D eigenvalue weighted by molar-refractivity contribution is 0.533. The molecular formula is C8H18Cl3N. The summed E-state index contributed by atoms with van der Waals surface area (Å²) in [6.07, 6.45) is 0. The van der Waals surface area contributed by atoms with Crippen LogP contribution in [0.25, 0.3) is 0 Å². The van der Waals surface area contributed by atoms with Gasteiger partial charge in [-0.3, -0.25) is 0 Å². The summed E-state index contributed by atoms with van der Waals surface area (Å²) >= 11 is 11.9. The van der Waals surface area contributed by atoms with Crippen LogP contribution in [0, 0.1) is 0 Å². The zero-order valence-electron chi connectivity index (χ0n) is 8.08. The molecule has 0 aromatic heterocycles. The fraction of sp³-hybridized carbons (Fsp3) is 1.00. The Morgan fingerprint density at radius 3 is 1.33 bits per heavy atom. The molecule has 0 saturated carbocycles. The van der Waals surface area contributed by atoms with Crippen molar-refractivity contribution in [2.75, 3.05) is 13.1 Å². The van der Waals surface area contributed by atoms with Crippen molar-refractivity contribution in [1.29, 1.82) is 0 Å². The number of halogens is 3. The van der Waals surface area contributed by atoms with Gasteiger partial charge in [0.05, 0.1) is 9.75 Å². The molecule has 0 fully saturated rings. The predicted octanol–water partition coefficient (Wildman–Crippen LogP) is 3.03. The molecule has 0 aliphatic heterocycles. The van der Waals surface area contributed by atoms with Gasteiger partial charge in [0.15, 0.2) is 0 Å². The van der Waals surface area contributed by atoms with Crippen molar-refractivity contribution in [3.8, 4) is 0 Å². The zero-order chi connectivity index (χ0) is 9.12. The Labute approximate surface area is 91.6 Å². The molecule has 0 spiro atoms. The third-order valence-corrected chi connectivity index (χ3v) is 1.36. The average Bonchev–Trinajstić information content (AvgIpc) is 1.55. The monoisotopic (exact) mass is 233 g/mol. The first-order chi connectivity index (χ1) is 4.71. The van der Waals surface area contributed by atoms with Crippen molar-refractivity contribution in [3.63, 3.8) is 0 Å². The highest BCUT2D eigenvalue weighted by molar-refractivity contribution is 6.24. The fourth-order valence-electron chi connectivity index (χ4n) is 0.657. The van der Waals surface area contributed by atoms with Gasteiger partial charge in [0.25, 0.3) is 0 Å². The number of nitrogens with one attached hydrogen (secondary N) is 1. The highest BCUT2D eigenvalue weighted by Crippen LogP contribution is 2.13. The molecule has 0 aliphatic carbocycles. The Balaban J connectivity index is 0. The Morgan fingerprint density at radius 2 is 1.17 bits per heavy atom. The molecule has 0 aromatic carbocycles. The lowest BCUT2D eigenvalue weighted by atomic mass is 10.2. The Morgan fingerprint density at radius 1 is 0.917 bits per heavy atom. The summed E-state index contributed by atoms with van der Waals surface area (Å²) in [6.45, 7) is 9.46. The van der Waals surface area contributed by atoms with Crippen molar-refractivity contribution in [3.05, 3.63) is 0 Å². The minimum atomic E-state index is -0.178. The molecule has 0 rings (SSSR count). The maximum atomic E-state index is 5.96. The van der Waals surface area contributed by atoms with E-state index in [0.29, 0.717) is 0 Å². The molecule has 0 aromatic rings. The molecule has 0 saturated heterocycles. The van der Waals surface area contributed by atoms with E-state index in [2.05, 4.69) is 5.32 Å². The molecule has 76 valence electrons. The fourth-order valence-corrected chi connectivity index (χ4v) is 0.846. The van der Waals surface area contributed by atoms with Gasteiger partial charge >= 0.3 is 0 Å². The van der Waals surface area contributed by atoms with Crippen LogP contribution in [0.2, 0.25) is 0 Å². The molecule has 4 heteroatoms. The highest BCUT2D eigenvalue weighted by Gasteiger charge is 2.16. The molecular weight excluding hydrogens is 216 g/mol. The van der Waals surface area contributed by atoms with Crippen molar-refractivity contribution >= 4 is 35.6 Å². The van der Waals surface area contributed by atoms with Crippen LogP contribution in [-0.4, -0.2) is 22.8 Å². The van der Waals surface area contributed by atoms with E-state index in [1.54, 1.807) is 0 Å². The molecule has 0 radical (unpaired) electrons. The molecule has 0 unspecified atom stereocenters. The number of rotatable bonds is 4. The van der Waals surface area contributed by atoms with Crippen LogP contribution in [0.4, 0.5) is 0 Å². The van der Waals surface area contributed by atoms with Gasteiger partial charge < -0.3 is 5.32 Å². The Bertz CT molecular complexity index is 98.5. The third kappa shape index (κ3) is 13.4. The van der Waals surface area contributed by atoms with Crippen molar-refractivity contribution in [2.24, 2.45) is 0 Å². The summed E-state index contributed by atoms with van der Waals surface area (Å²) in [5.74, 6) is 0. The average molecular weight is 235 g/mol. The summed E-state index contributed by atoms with van der Waals surface area (Å²) in [6, 6.07) is 0. The van der Waals surface area contributed by atoms with Crippen LogP contribution in [-0.2, 0) is 0 Å². The largest absolute Gasteiger partial charge is 0.313 e. The smallest absolute Gasteiger partial charge is 0.0514 e. The van der Waals surface area contributed by atoms with Gasteiger partial charge in [-0.2, -0.15) is 0 Å². The Hall–Kier alpha value is 0.830. The minimum absolute atomic E-state index is 0. The molecule has 0 heterocycles.